The van der Waals surface area contributed by atoms with Gasteiger partial charge in [0, 0.05) is 17.2 Å². The van der Waals surface area contributed by atoms with Gasteiger partial charge in [-0.05, 0) is 56.4 Å². The molecule has 0 amide bonds. The molecule has 0 aliphatic carbocycles. The highest BCUT2D eigenvalue weighted by atomic mass is 32.1. The standard InChI is InChI=1S/C21H22N2O3S/c1-4-25-19(24)14-9-11-15(12-10-14)23-20(27)22-18-13(2)21(23,3)26-17-8-6-5-7-16(17)18/h5-13,18H,4H2,1-3H3,(H,22,27)/t13-,18-,21+/m1/s1. The van der Waals surface area contributed by atoms with E-state index in [-0.39, 0.29) is 17.9 Å². The first kappa shape index (κ1) is 17.8. The van der Waals surface area contributed by atoms with Gasteiger partial charge in [-0.15, -0.1) is 0 Å². The molecule has 4 rings (SSSR count). The van der Waals surface area contributed by atoms with Crippen molar-refractivity contribution in [2.24, 2.45) is 5.92 Å². The van der Waals surface area contributed by atoms with Crippen LogP contribution in [0.4, 0.5) is 5.69 Å². The van der Waals surface area contributed by atoms with Crippen LogP contribution in [0.5, 0.6) is 5.75 Å². The summed E-state index contributed by atoms with van der Waals surface area (Å²) in [4.78, 5) is 13.9. The summed E-state index contributed by atoms with van der Waals surface area (Å²) < 4.78 is 11.5. The van der Waals surface area contributed by atoms with Crippen LogP contribution >= 0.6 is 12.2 Å². The third kappa shape index (κ3) is 2.75. The van der Waals surface area contributed by atoms with Crippen molar-refractivity contribution in [3.05, 3.63) is 59.7 Å². The Hall–Kier alpha value is -2.60. The van der Waals surface area contributed by atoms with E-state index in [9.17, 15) is 4.79 Å². The number of nitrogens with one attached hydrogen (secondary N) is 1. The van der Waals surface area contributed by atoms with Crippen LogP contribution in [0, 0.1) is 5.92 Å². The lowest BCUT2D eigenvalue weighted by molar-refractivity contribution is -0.00316. The van der Waals surface area contributed by atoms with Gasteiger partial charge in [0.25, 0.3) is 0 Å². The number of benzene rings is 2. The molecule has 0 spiro atoms. The van der Waals surface area contributed by atoms with E-state index in [1.807, 2.05) is 35.2 Å². The molecule has 5 nitrogen and oxygen atoms in total. The minimum absolute atomic E-state index is 0.0995. The summed E-state index contributed by atoms with van der Waals surface area (Å²) in [6, 6.07) is 15.4. The largest absolute Gasteiger partial charge is 0.467 e. The molecule has 1 N–H and O–H groups in total. The van der Waals surface area contributed by atoms with Gasteiger partial charge in [-0.1, -0.05) is 25.1 Å². The molecule has 2 bridgehead atoms. The molecule has 0 unspecified atom stereocenters. The number of nitrogens with zero attached hydrogens (tertiary/aromatic N) is 1. The van der Waals surface area contributed by atoms with Crippen molar-refractivity contribution in [2.45, 2.75) is 32.5 Å². The number of hydrogen-bond donors (Lipinski definition) is 1. The molecule has 0 aromatic heterocycles. The molecule has 3 atom stereocenters. The van der Waals surface area contributed by atoms with Crippen LogP contribution in [0.15, 0.2) is 48.5 Å². The van der Waals surface area contributed by atoms with Crippen LogP contribution in [0.1, 0.15) is 42.7 Å². The van der Waals surface area contributed by atoms with Crippen molar-refractivity contribution in [3.8, 4) is 5.75 Å². The highest BCUT2D eigenvalue weighted by Crippen LogP contribution is 2.48. The molecule has 2 heterocycles. The van der Waals surface area contributed by atoms with E-state index in [1.165, 1.54) is 0 Å². The summed E-state index contributed by atoms with van der Waals surface area (Å²) >= 11 is 5.69. The molecule has 2 aliphatic heterocycles. The van der Waals surface area contributed by atoms with Crippen molar-refractivity contribution < 1.29 is 14.3 Å². The zero-order chi connectivity index (χ0) is 19.2. The number of fused-ring (bicyclic) bond motifs is 4. The number of hydrogen-bond acceptors (Lipinski definition) is 4. The van der Waals surface area contributed by atoms with Crippen LogP contribution in [0.2, 0.25) is 0 Å². The second-order valence-corrected chi connectivity index (χ2v) is 7.40. The molecule has 1 fully saturated rings. The van der Waals surface area contributed by atoms with E-state index in [2.05, 4.69) is 25.2 Å². The summed E-state index contributed by atoms with van der Waals surface area (Å²) in [7, 11) is 0. The van der Waals surface area contributed by atoms with E-state index in [1.54, 1.807) is 19.1 Å². The van der Waals surface area contributed by atoms with Crippen molar-refractivity contribution in [1.82, 2.24) is 5.32 Å². The quantitative estimate of drug-likeness (QED) is 0.639. The maximum atomic E-state index is 11.9. The maximum absolute atomic E-state index is 11.9. The van der Waals surface area contributed by atoms with Gasteiger partial charge < -0.3 is 14.8 Å². The lowest BCUT2D eigenvalue weighted by Crippen LogP contribution is -2.69. The fourth-order valence-corrected chi connectivity index (χ4v) is 4.32. The van der Waals surface area contributed by atoms with Gasteiger partial charge in [-0.3, -0.25) is 4.90 Å². The van der Waals surface area contributed by atoms with Gasteiger partial charge in [-0.25, -0.2) is 4.79 Å². The van der Waals surface area contributed by atoms with Gasteiger partial charge in [-0.2, -0.15) is 0 Å². The lowest BCUT2D eigenvalue weighted by Gasteiger charge is -2.56. The zero-order valence-electron chi connectivity index (χ0n) is 15.6. The van der Waals surface area contributed by atoms with Crippen LogP contribution in [-0.4, -0.2) is 23.4 Å². The summed E-state index contributed by atoms with van der Waals surface area (Å²) in [6.07, 6.45) is 0. The third-order valence-corrected chi connectivity index (χ3v) is 5.78. The Labute approximate surface area is 164 Å². The highest BCUT2D eigenvalue weighted by molar-refractivity contribution is 7.80. The molecular formula is C21H22N2O3S. The Morgan fingerprint density at radius 2 is 1.96 bits per heavy atom. The predicted octanol–water partition coefficient (Wildman–Crippen LogP) is 4.04. The second kappa shape index (κ2) is 6.53. The highest BCUT2D eigenvalue weighted by Gasteiger charge is 2.53. The molecule has 140 valence electrons. The Morgan fingerprint density at radius 3 is 2.67 bits per heavy atom. The predicted molar refractivity (Wildman–Crippen MR) is 108 cm³/mol. The van der Waals surface area contributed by atoms with E-state index in [0.717, 1.165) is 17.0 Å². The van der Waals surface area contributed by atoms with Crippen LogP contribution in [0.25, 0.3) is 0 Å². The number of thiocarbonyl (C=S) groups is 1. The number of rotatable bonds is 3. The molecule has 2 aromatic carbocycles. The van der Waals surface area contributed by atoms with E-state index < -0.39 is 5.72 Å². The fourth-order valence-electron chi connectivity index (χ4n) is 3.91. The molecule has 0 saturated carbocycles. The first-order valence-electron chi connectivity index (χ1n) is 9.11. The Kier molecular flexibility index (Phi) is 4.30. The van der Waals surface area contributed by atoms with Crippen molar-refractivity contribution >= 4 is 29.0 Å². The third-order valence-electron chi connectivity index (χ3n) is 5.48. The fraction of sp³-hybridized carbons (Fsp3) is 0.333. The molecule has 0 radical (unpaired) electrons. The van der Waals surface area contributed by atoms with Gasteiger partial charge >= 0.3 is 5.97 Å². The average molecular weight is 382 g/mol. The normalized spacial score (nSPS) is 25.9. The Balaban J connectivity index is 1.72. The minimum Gasteiger partial charge on any atom is -0.467 e. The number of para-hydroxylation sites is 1. The second-order valence-electron chi connectivity index (χ2n) is 7.01. The lowest BCUT2D eigenvalue weighted by atomic mass is 9.80. The van der Waals surface area contributed by atoms with Crippen molar-refractivity contribution in [1.29, 1.82) is 0 Å². The topological polar surface area (TPSA) is 50.8 Å². The van der Waals surface area contributed by atoms with Crippen LogP contribution < -0.4 is 15.0 Å². The SMILES string of the molecule is CCOC(=O)c1ccc(N2C(=S)N[C@H]3c4ccccc4O[C@@]2(C)[C@@H]3C)cc1. The summed E-state index contributed by atoms with van der Waals surface area (Å²) in [5.74, 6) is 0.695. The molecular weight excluding hydrogens is 360 g/mol. The van der Waals surface area contributed by atoms with Crippen molar-refractivity contribution in [2.75, 3.05) is 11.5 Å². The molecule has 1 saturated heterocycles. The van der Waals surface area contributed by atoms with Gasteiger partial charge in [0.1, 0.15) is 5.75 Å². The summed E-state index contributed by atoms with van der Waals surface area (Å²) in [5, 5.41) is 4.08. The molecule has 6 heteroatoms. The van der Waals surface area contributed by atoms with E-state index >= 15 is 0 Å². The number of carbonyl (C=O) groups excluding carboxylic acids is 1. The minimum atomic E-state index is -0.632. The molecule has 2 aromatic rings. The Morgan fingerprint density at radius 1 is 1.26 bits per heavy atom. The molecule has 2 aliphatic rings. The smallest absolute Gasteiger partial charge is 0.338 e. The average Bonchev–Trinajstić information content (AvgIpc) is 2.65. The molecule has 27 heavy (non-hydrogen) atoms. The van der Waals surface area contributed by atoms with Crippen LogP contribution in [-0.2, 0) is 4.74 Å². The summed E-state index contributed by atoms with van der Waals surface area (Å²) in [6.45, 7) is 6.37. The first-order chi connectivity index (χ1) is 13.0. The van der Waals surface area contributed by atoms with Crippen LogP contribution in [0.3, 0.4) is 0 Å². The number of ether oxygens (including phenoxy) is 2. The van der Waals surface area contributed by atoms with Gasteiger partial charge in [0.15, 0.2) is 10.8 Å². The first-order valence-corrected chi connectivity index (χ1v) is 9.52. The Bertz CT molecular complexity index is 899. The number of carbonyl (C=O) groups is 1. The van der Waals surface area contributed by atoms with Gasteiger partial charge in [0.2, 0.25) is 0 Å². The van der Waals surface area contributed by atoms with E-state index in [0.29, 0.717) is 17.3 Å². The maximum Gasteiger partial charge on any atom is 0.338 e. The summed E-state index contributed by atoms with van der Waals surface area (Å²) in [5.41, 5.74) is 1.88. The van der Waals surface area contributed by atoms with Gasteiger partial charge in [0.05, 0.1) is 18.2 Å². The number of anilines is 1. The monoisotopic (exact) mass is 382 g/mol. The number of esters is 1. The zero-order valence-corrected chi connectivity index (χ0v) is 16.4. The van der Waals surface area contributed by atoms with Crippen molar-refractivity contribution in [3.63, 3.8) is 0 Å². The van der Waals surface area contributed by atoms with E-state index in [4.69, 9.17) is 21.7 Å².